The van der Waals surface area contributed by atoms with E-state index in [0.717, 1.165) is 5.56 Å². The van der Waals surface area contributed by atoms with Crippen molar-refractivity contribution in [2.24, 2.45) is 4.99 Å². The molecule has 0 fully saturated rings. The van der Waals surface area contributed by atoms with Crippen molar-refractivity contribution >= 4 is 46.7 Å². The molecule has 1 aliphatic rings. The minimum Gasteiger partial charge on any atom is -0.266 e. The zero-order valence-corrected chi connectivity index (χ0v) is 16.9. The van der Waals surface area contributed by atoms with Gasteiger partial charge in [0, 0.05) is 15.6 Å². The largest absolute Gasteiger partial charge is 0.282 e. The first-order valence-electron chi connectivity index (χ1n) is 8.85. The molecular weight excluding hydrogens is 410 g/mol. The topological polar surface area (TPSA) is 32.7 Å². The molecular formula is C23H15Cl2FN2O. The molecule has 3 nitrogen and oxygen atoms in total. The van der Waals surface area contributed by atoms with E-state index in [4.69, 9.17) is 23.2 Å². The SMILES string of the molecule is Cc1cccc(N2C(=O)/C(=C\c3ccc(Cl)cc3Cl)N=C2c2ccc(F)cc2)c1. The van der Waals surface area contributed by atoms with Crippen LogP contribution >= 0.6 is 23.2 Å². The minimum atomic E-state index is -0.357. The average molecular weight is 425 g/mol. The maximum absolute atomic E-state index is 13.4. The van der Waals surface area contributed by atoms with Gasteiger partial charge < -0.3 is 0 Å². The van der Waals surface area contributed by atoms with Gasteiger partial charge in [-0.25, -0.2) is 9.38 Å². The van der Waals surface area contributed by atoms with Crippen LogP contribution in [0.2, 0.25) is 10.0 Å². The van der Waals surface area contributed by atoms with E-state index in [1.165, 1.54) is 17.0 Å². The predicted molar refractivity (Wildman–Crippen MR) is 116 cm³/mol. The van der Waals surface area contributed by atoms with E-state index in [-0.39, 0.29) is 17.4 Å². The summed E-state index contributed by atoms with van der Waals surface area (Å²) < 4.78 is 13.4. The summed E-state index contributed by atoms with van der Waals surface area (Å²) in [7, 11) is 0. The number of nitrogens with zero attached hydrogens (tertiary/aromatic N) is 2. The van der Waals surface area contributed by atoms with E-state index in [1.807, 2.05) is 31.2 Å². The van der Waals surface area contributed by atoms with Gasteiger partial charge in [-0.1, -0.05) is 41.4 Å². The molecule has 1 aliphatic heterocycles. The molecule has 0 aliphatic carbocycles. The molecule has 3 aromatic carbocycles. The lowest BCUT2D eigenvalue weighted by atomic mass is 10.1. The van der Waals surface area contributed by atoms with Crippen molar-refractivity contribution in [1.82, 2.24) is 0 Å². The number of aliphatic imine (C=N–C) groups is 1. The summed E-state index contributed by atoms with van der Waals surface area (Å²) in [5.41, 5.74) is 3.19. The van der Waals surface area contributed by atoms with E-state index < -0.39 is 0 Å². The molecule has 0 saturated heterocycles. The summed E-state index contributed by atoms with van der Waals surface area (Å²) in [6.07, 6.45) is 1.63. The minimum absolute atomic E-state index is 0.232. The van der Waals surface area contributed by atoms with E-state index in [0.29, 0.717) is 32.7 Å². The smallest absolute Gasteiger partial charge is 0.266 e. The van der Waals surface area contributed by atoms with Crippen molar-refractivity contribution in [3.63, 3.8) is 0 Å². The first-order valence-corrected chi connectivity index (χ1v) is 9.60. The molecule has 0 bridgehead atoms. The molecule has 1 amide bonds. The zero-order valence-electron chi connectivity index (χ0n) is 15.4. The Balaban J connectivity index is 1.84. The number of carbonyl (C=O) groups excluding carboxylic acids is 1. The third kappa shape index (κ3) is 3.95. The summed E-state index contributed by atoms with van der Waals surface area (Å²) in [5, 5.41) is 0.928. The molecule has 0 unspecified atom stereocenters. The maximum atomic E-state index is 13.4. The van der Waals surface area contributed by atoms with Crippen LogP contribution in [0, 0.1) is 12.7 Å². The number of hydrogen-bond acceptors (Lipinski definition) is 2. The second kappa shape index (κ2) is 7.82. The van der Waals surface area contributed by atoms with Gasteiger partial charge in [0.2, 0.25) is 0 Å². The molecule has 1 heterocycles. The lowest BCUT2D eigenvalue weighted by Gasteiger charge is -2.19. The normalized spacial score (nSPS) is 15.2. The van der Waals surface area contributed by atoms with Crippen LogP contribution in [-0.4, -0.2) is 11.7 Å². The second-order valence-corrected chi connectivity index (χ2v) is 7.46. The van der Waals surface area contributed by atoms with Crippen molar-refractivity contribution < 1.29 is 9.18 Å². The molecule has 0 aromatic heterocycles. The molecule has 29 heavy (non-hydrogen) atoms. The standard InChI is InChI=1S/C23H15Cl2FN2O/c1-14-3-2-4-19(11-14)28-22(15-6-9-18(26)10-7-15)27-21(23(28)29)12-16-5-8-17(24)13-20(16)25/h2-13H,1H3/b21-12+. The van der Waals surface area contributed by atoms with Gasteiger partial charge in [0.1, 0.15) is 17.3 Å². The summed E-state index contributed by atoms with van der Waals surface area (Å²) in [6.45, 7) is 1.95. The van der Waals surface area contributed by atoms with Crippen LogP contribution in [-0.2, 0) is 4.79 Å². The second-order valence-electron chi connectivity index (χ2n) is 6.62. The monoisotopic (exact) mass is 424 g/mol. The molecule has 3 aromatic rings. The van der Waals surface area contributed by atoms with Crippen molar-refractivity contribution in [3.8, 4) is 0 Å². The van der Waals surface area contributed by atoms with Gasteiger partial charge in [0.05, 0.1) is 5.69 Å². The average Bonchev–Trinajstić information content (AvgIpc) is 3.01. The number of rotatable bonds is 3. The molecule has 4 rings (SSSR count). The fraction of sp³-hybridized carbons (Fsp3) is 0.0435. The first-order chi connectivity index (χ1) is 13.9. The Hall–Kier alpha value is -2.95. The highest BCUT2D eigenvalue weighted by Gasteiger charge is 2.32. The van der Waals surface area contributed by atoms with Crippen molar-refractivity contribution in [3.05, 3.63) is 105 Å². The summed E-state index contributed by atoms with van der Waals surface area (Å²) in [5.74, 6) is -0.220. The van der Waals surface area contributed by atoms with Crippen molar-refractivity contribution in [1.29, 1.82) is 0 Å². The molecule has 0 saturated carbocycles. The Kier molecular flexibility index (Phi) is 5.22. The number of halogens is 3. The van der Waals surface area contributed by atoms with Gasteiger partial charge in [-0.05, 0) is 72.7 Å². The maximum Gasteiger partial charge on any atom is 0.282 e. The molecule has 6 heteroatoms. The van der Waals surface area contributed by atoms with Gasteiger partial charge in [-0.15, -0.1) is 0 Å². The predicted octanol–water partition coefficient (Wildman–Crippen LogP) is 6.28. The molecule has 0 spiro atoms. The number of hydrogen-bond donors (Lipinski definition) is 0. The van der Waals surface area contributed by atoms with Crippen LogP contribution in [0.1, 0.15) is 16.7 Å². The Morgan fingerprint density at radius 1 is 1.00 bits per heavy atom. The van der Waals surface area contributed by atoms with Crippen LogP contribution in [0.4, 0.5) is 10.1 Å². The Bertz CT molecular complexity index is 1170. The Labute approximate surface area is 177 Å². The number of amides is 1. The third-order valence-electron chi connectivity index (χ3n) is 4.48. The van der Waals surface area contributed by atoms with E-state index in [1.54, 1.807) is 36.4 Å². The highest BCUT2D eigenvalue weighted by molar-refractivity contribution is 6.36. The fourth-order valence-corrected chi connectivity index (χ4v) is 3.54. The van der Waals surface area contributed by atoms with Gasteiger partial charge >= 0.3 is 0 Å². The van der Waals surface area contributed by atoms with Gasteiger partial charge in [0.15, 0.2) is 0 Å². The van der Waals surface area contributed by atoms with Crippen LogP contribution in [0.3, 0.4) is 0 Å². The lowest BCUT2D eigenvalue weighted by Crippen LogP contribution is -2.32. The van der Waals surface area contributed by atoms with Crippen LogP contribution < -0.4 is 4.90 Å². The summed E-state index contributed by atoms with van der Waals surface area (Å²) in [4.78, 5) is 19.3. The number of carbonyl (C=O) groups is 1. The van der Waals surface area contributed by atoms with Gasteiger partial charge in [0.25, 0.3) is 5.91 Å². The first kappa shape index (κ1) is 19.4. The lowest BCUT2D eigenvalue weighted by molar-refractivity contribution is -0.113. The summed E-state index contributed by atoms with van der Waals surface area (Å²) in [6, 6.07) is 18.5. The van der Waals surface area contributed by atoms with Gasteiger partial charge in [-0.2, -0.15) is 0 Å². The van der Waals surface area contributed by atoms with Crippen LogP contribution in [0.5, 0.6) is 0 Å². The molecule has 0 N–H and O–H groups in total. The quantitative estimate of drug-likeness (QED) is 0.455. The van der Waals surface area contributed by atoms with Crippen molar-refractivity contribution in [2.45, 2.75) is 6.92 Å². The fourth-order valence-electron chi connectivity index (χ4n) is 3.08. The number of anilines is 1. The highest BCUT2D eigenvalue weighted by Crippen LogP contribution is 2.30. The molecule has 0 atom stereocenters. The molecule has 144 valence electrons. The van der Waals surface area contributed by atoms with Gasteiger partial charge in [-0.3, -0.25) is 9.69 Å². The molecule has 0 radical (unpaired) electrons. The zero-order chi connectivity index (χ0) is 20.5. The third-order valence-corrected chi connectivity index (χ3v) is 5.04. The van der Waals surface area contributed by atoms with E-state index in [2.05, 4.69) is 4.99 Å². The summed E-state index contributed by atoms with van der Waals surface area (Å²) >= 11 is 12.2. The number of amidine groups is 1. The Morgan fingerprint density at radius 2 is 1.76 bits per heavy atom. The number of aryl methyl sites for hydroxylation is 1. The Morgan fingerprint density at radius 3 is 2.45 bits per heavy atom. The van der Waals surface area contributed by atoms with E-state index in [9.17, 15) is 9.18 Å². The van der Waals surface area contributed by atoms with Crippen LogP contribution in [0.25, 0.3) is 6.08 Å². The van der Waals surface area contributed by atoms with Crippen LogP contribution in [0.15, 0.2) is 77.4 Å². The van der Waals surface area contributed by atoms with E-state index >= 15 is 0 Å². The number of benzene rings is 3. The van der Waals surface area contributed by atoms with Crippen molar-refractivity contribution in [2.75, 3.05) is 4.90 Å². The highest BCUT2D eigenvalue weighted by atomic mass is 35.5.